The number of nitrogens with zero attached hydrogens (tertiary/aromatic N) is 4. The van der Waals surface area contributed by atoms with E-state index in [4.69, 9.17) is 4.74 Å². The van der Waals surface area contributed by atoms with Crippen molar-refractivity contribution < 1.29 is 4.74 Å². The van der Waals surface area contributed by atoms with Crippen LogP contribution in [0.5, 0.6) is 0 Å². The molecule has 0 amide bonds. The van der Waals surface area contributed by atoms with Gasteiger partial charge in [-0.3, -0.25) is 4.90 Å². The van der Waals surface area contributed by atoms with Crippen LogP contribution in [0.25, 0.3) is 0 Å². The first-order chi connectivity index (χ1) is 11.2. The summed E-state index contributed by atoms with van der Waals surface area (Å²) in [5.74, 6) is 0. The topological polar surface area (TPSA) is 41.5 Å². The van der Waals surface area contributed by atoms with Gasteiger partial charge in [0.15, 0.2) is 0 Å². The van der Waals surface area contributed by atoms with E-state index in [1.807, 2.05) is 16.8 Å². The van der Waals surface area contributed by atoms with Crippen molar-refractivity contribution in [3.05, 3.63) is 27.4 Å². The minimum atomic E-state index is -0.0471. The van der Waals surface area contributed by atoms with Crippen LogP contribution in [0, 0.1) is 6.92 Å². The Bertz CT molecular complexity index is 640. The molecule has 7 heteroatoms. The van der Waals surface area contributed by atoms with Gasteiger partial charge in [-0.05, 0) is 31.9 Å². The van der Waals surface area contributed by atoms with Crippen molar-refractivity contribution >= 4 is 27.8 Å². The number of morpholine rings is 1. The van der Waals surface area contributed by atoms with Crippen molar-refractivity contribution in [3.8, 4) is 0 Å². The molecule has 0 aromatic carbocycles. The number of rotatable bonds is 3. The maximum atomic E-state index is 6.28. The molecule has 0 radical (unpaired) electrons. The summed E-state index contributed by atoms with van der Waals surface area (Å²) >= 11 is 3.52. The fourth-order valence-corrected chi connectivity index (χ4v) is 5.18. The van der Waals surface area contributed by atoms with E-state index in [2.05, 4.69) is 39.1 Å². The predicted molar refractivity (Wildman–Crippen MR) is 94.4 cm³/mol. The molecule has 0 saturated carbocycles. The number of aryl methyl sites for hydroxylation is 1. The van der Waals surface area contributed by atoms with Gasteiger partial charge < -0.3 is 9.64 Å². The Hall–Kier alpha value is -1.02. The van der Waals surface area contributed by atoms with Crippen LogP contribution in [0.1, 0.15) is 22.6 Å². The lowest BCUT2D eigenvalue weighted by Gasteiger charge is -2.48. The zero-order valence-electron chi connectivity index (χ0n) is 13.4. The van der Waals surface area contributed by atoms with Crippen LogP contribution >= 0.6 is 22.7 Å². The van der Waals surface area contributed by atoms with Crippen LogP contribution in [-0.4, -0.2) is 53.5 Å². The lowest BCUT2D eigenvalue weighted by molar-refractivity contribution is -0.116. The fraction of sp³-hybridized carbons (Fsp3) is 0.625. The quantitative estimate of drug-likeness (QED) is 0.851. The number of hydrogen-bond donors (Lipinski definition) is 0. The molecule has 0 N–H and O–H groups in total. The van der Waals surface area contributed by atoms with Crippen molar-refractivity contribution in [2.45, 2.75) is 31.9 Å². The molecule has 2 fully saturated rings. The minimum absolute atomic E-state index is 0.0471. The summed E-state index contributed by atoms with van der Waals surface area (Å²) in [5.41, 5.74) is 1.76. The summed E-state index contributed by atoms with van der Waals surface area (Å²) in [7, 11) is 0. The van der Waals surface area contributed by atoms with Crippen LogP contribution in [0.15, 0.2) is 17.6 Å². The predicted octanol–water partition coefficient (Wildman–Crippen LogP) is 2.78. The van der Waals surface area contributed by atoms with E-state index in [9.17, 15) is 0 Å². The molecule has 2 aromatic heterocycles. The molecule has 124 valence electrons. The number of ether oxygens (including phenoxy) is 1. The fourth-order valence-electron chi connectivity index (χ4n) is 3.66. The Morgan fingerprint density at radius 1 is 1.30 bits per heavy atom. The molecule has 2 aliphatic rings. The van der Waals surface area contributed by atoms with Gasteiger partial charge in [-0.2, -0.15) is 0 Å². The van der Waals surface area contributed by atoms with E-state index in [1.165, 1.54) is 9.75 Å². The molecule has 1 spiro atoms. The third-order valence-corrected chi connectivity index (χ3v) is 6.40. The molecular formula is C16H22N4OS2. The molecule has 2 saturated heterocycles. The number of hydrogen-bond acceptors (Lipinski definition) is 7. The number of anilines is 1. The highest BCUT2D eigenvalue weighted by Gasteiger charge is 2.41. The van der Waals surface area contributed by atoms with Crippen molar-refractivity contribution in [2.24, 2.45) is 0 Å². The van der Waals surface area contributed by atoms with Gasteiger partial charge in [-0.25, -0.2) is 0 Å². The first-order valence-corrected chi connectivity index (χ1v) is 9.85. The van der Waals surface area contributed by atoms with E-state index in [1.54, 1.807) is 11.3 Å². The maximum Gasteiger partial charge on any atom is 0.208 e. The average Bonchev–Trinajstić information content (AvgIpc) is 3.19. The first-order valence-electron chi connectivity index (χ1n) is 8.15. The third kappa shape index (κ3) is 3.42. The van der Waals surface area contributed by atoms with Gasteiger partial charge in [0.25, 0.3) is 0 Å². The highest BCUT2D eigenvalue weighted by molar-refractivity contribution is 7.13. The average molecular weight is 351 g/mol. The molecule has 0 aliphatic carbocycles. The van der Waals surface area contributed by atoms with Crippen molar-refractivity contribution in [1.82, 2.24) is 15.1 Å². The summed E-state index contributed by atoms with van der Waals surface area (Å²) in [5, 5.41) is 9.24. The van der Waals surface area contributed by atoms with E-state index < -0.39 is 0 Å². The zero-order chi connectivity index (χ0) is 15.7. The second-order valence-corrected chi connectivity index (χ2v) is 8.69. The Kier molecular flexibility index (Phi) is 4.36. The van der Waals surface area contributed by atoms with Gasteiger partial charge in [0.1, 0.15) is 5.51 Å². The highest BCUT2D eigenvalue weighted by Crippen LogP contribution is 2.32. The minimum Gasteiger partial charge on any atom is -0.370 e. The number of aromatic nitrogens is 2. The Labute approximate surface area is 144 Å². The summed E-state index contributed by atoms with van der Waals surface area (Å²) < 4.78 is 6.28. The van der Waals surface area contributed by atoms with Crippen LogP contribution in [0.2, 0.25) is 0 Å². The Morgan fingerprint density at radius 2 is 2.26 bits per heavy atom. The van der Waals surface area contributed by atoms with E-state index in [0.717, 1.165) is 57.3 Å². The van der Waals surface area contributed by atoms with E-state index >= 15 is 0 Å². The standard InChI is InChI=1S/C16H22N4OS2/c1-13-3-4-14(23-13)9-19-7-8-21-16(10-19)5-2-6-20(11-16)15-18-17-12-22-15/h3-4,12H,2,5-11H2,1H3/t16-/m0/s1. The maximum absolute atomic E-state index is 6.28. The SMILES string of the molecule is Cc1ccc(CN2CCO[C@@]3(CCCN(c4nncs4)C3)C2)s1. The largest absolute Gasteiger partial charge is 0.370 e. The molecule has 23 heavy (non-hydrogen) atoms. The molecule has 4 heterocycles. The zero-order valence-corrected chi connectivity index (χ0v) is 15.0. The van der Waals surface area contributed by atoms with Crippen LogP contribution in [0.3, 0.4) is 0 Å². The molecular weight excluding hydrogens is 328 g/mol. The molecule has 0 bridgehead atoms. The van der Waals surface area contributed by atoms with Gasteiger partial charge in [0.2, 0.25) is 5.13 Å². The second kappa shape index (κ2) is 6.47. The van der Waals surface area contributed by atoms with Crippen molar-refractivity contribution in [3.63, 3.8) is 0 Å². The second-order valence-electron chi connectivity index (χ2n) is 6.50. The molecule has 2 aromatic rings. The summed E-state index contributed by atoms with van der Waals surface area (Å²) in [4.78, 5) is 7.75. The van der Waals surface area contributed by atoms with Crippen molar-refractivity contribution in [1.29, 1.82) is 0 Å². The monoisotopic (exact) mass is 350 g/mol. The highest BCUT2D eigenvalue weighted by atomic mass is 32.1. The molecule has 2 aliphatic heterocycles. The number of piperidine rings is 1. The number of thiophene rings is 1. The van der Waals surface area contributed by atoms with Gasteiger partial charge in [-0.1, -0.05) is 11.3 Å². The molecule has 0 unspecified atom stereocenters. The lowest BCUT2D eigenvalue weighted by Crippen LogP contribution is -2.59. The van der Waals surface area contributed by atoms with Gasteiger partial charge in [0, 0.05) is 35.9 Å². The first kappa shape index (κ1) is 15.5. The third-order valence-electron chi connectivity index (χ3n) is 4.66. The summed E-state index contributed by atoms with van der Waals surface area (Å²) in [6.07, 6.45) is 2.30. The molecule has 1 atom stereocenters. The smallest absolute Gasteiger partial charge is 0.208 e. The van der Waals surface area contributed by atoms with Crippen LogP contribution in [-0.2, 0) is 11.3 Å². The van der Waals surface area contributed by atoms with Gasteiger partial charge >= 0.3 is 0 Å². The molecule has 4 rings (SSSR count). The van der Waals surface area contributed by atoms with E-state index in [-0.39, 0.29) is 5.60 Å². The van der Waals surface area contributed by atoms with Gasteiger partial charge in [0.05, 0.1) is 18.8 Å². The Balaban J connectivity index is 1.45. The van der Waals surface area contributed by atoms with Crippen LogP contribution in [0.4, 0.5) is 5.13 Å². The van der Waals surface area contributed by atoms with Crippen LogP contribution < -0.4 is 4.90 Å². The normalized spacial score (nSPS) is 26.0. The molecule has 5 nitrogen and oxygen atoms in total. The summed E-state index contributed by atoms with van der Waals surface area (Å²) in [6, 6.07) is 4.48. The van der Waals surface area contributed by atoms with Crippen molar-refractivity contribution in [2.75, 3.05) is 37.7 Å². The lowest BCUT2D eigenvalue weighted by atomic mass is 9.91. The van der Waals surface area contributed by atoms with E-state index in [0.29, 0.717) is 0 Å². The Morgan fingerprint density at radius 3 is 3.04 bits per heavy atom. The summed E-state index contributed by atoms with van der Waals surface area (Å²) in [6.45, 7) is 8.08. The van der Waals surface area contributed by atoms with Gasteiger partial charge in [-0.15, -0.1) is 21.5 Å².